The minimum absolute atomic E-state index is 0.00275. The molecule has 61 heavy (non-hydrogen) atoms. The molecule has 6 rings (SSSR count). The molecule has 14 heteroatoms. The van der Waals surface area contributed by atoms with Gasteiger partial charge in [0.05, 0.1) is 24.1 Å². The van der Waals surface area contributed by atoms with Crippen LogP contribution in [0.15, 0.2) is 54.7 Å². The van der Waals surface area contributed by atoms with E-state index in [0.29, 0.717) is 56.5 Å². The van der Waals surface area contributed by atoms with Gasteiger partial charge in [-0.2, -0.15) is 0 Å². The van der Waals surface area contributed by atoms with Crippen LogP contribution in [0.1, 0.15) is 90.2 Å². The molecule has 1 saturated carbocycles. The maximum atomic E-state index is 14.2. The molecular formula is C47H62N6O8. The highest BCUT2D eigenvalue weighted by molar-refractivity contribution is 5.96. The third kappa shape index (κ3) is 9.92. The van der Waals surface area contributed by atoms with Crippen LogP contribution < -0.4 is 10.7 Å². The van der Waals surface area contributed by atoms with E-state index in [1.165, 1.54) is 11.9 Å². The summed E-state index contributed by atoms with van der Waals surface area (Å²) in [6, 6.07) is 13.4. The fourth-order valence-corrected chi connectivity index (χ4v) is 8.69. The molecule has 2 aromatic heterocycles. The van der Waals surface area contributed by atoms with Crippen molar-refractivity contribution in [3.8, 4) is 28.1 Å². The molecule has 328 valence electrons. The van der Waals surface area contributed by atoms with Crippen LogP contribution in [0.3, 0.4) is 0 Å². The minimum Gasteiger partial charge on any atom is -0.508 e. The molecule has 1 saturated heterocycles. The molecule has 4 aromatic rings. The SMILES string of the molecule is CCn1c(-c2cccnc2C(C)OC)c(CC(C)(C)COC=O)c2cc(-c3cc(O)cc(CC(NC(=O)C(C(C)C)N(C)C(=O)C4(O)CC4)C(=O)N4CCCCN4)c3)ccc21. The van der Waals surface area contributed by atoms with Crippen molar-refractivity contribution in [2.75, 3.05) is 33.9 Å². The van der Waals surface area contributed by atoms with Gasteiger partial charge in [-0.1, -0.05) is 39.8 Å². The first-order chi connectivity index (χ1) is 29.0. The van der Waals surface area contributed by atoms with Crippen molar-refractivity contribution in [3.05, 3.63) is 71.5 Å². The van der Waals surface area contributed by atoms with Crippen molar-refractivity contribution in [1.82, 2.24) is 30.2 Å². The number of phenolic OH excluding ortho intramolecular Hbond substituents is 1. The topological polar surface area (TPSA) is 176 Å². The average molecular weight is 839 g/mol. The summed E-state index contributed by atoms with van der Waals surface area (Å²) in [5, 5.41) is 27.3. The molecule has 3 unspecified atom stereocenters. The monoisotopic (exact) mass is 838 g/mol. The van der Waals surface area contributed by atoms with Crippen molar-refractivity contribution in [3.63, 3.8) is 0 Å². The second-order valence-corrected chi connectivity index (χ2v) is 17.8. The van der Waals surface area contributed by atoms with Crippen LogP contribution in [-0.2, 0) is 48.0 Å². The summed E-state index contributed by atoms with van der Waals surface area (Å²) >= 11 is 0. The molecule has 0 spiro atoms. The van der Waals surface area contributed by atoms with Crippen LogP contribution in [-0.4, -0.2) is 105 Å². The van der Waals surface area contributed by atoms with Gasteiger partial charge in [-0.15, -0.1) is 0 Å². The van der Waals surface area contributed by atoms with Gasteiger partial charge in [0.15, 0.2) is 0 Å². The number of phenols is 1. The average Bonchev–Trinajstić information content (AvgIpc) is 3.93. The number of aryl methyl sites for hydroxylation is 1. The fourth-order valence-electron chi connectivity index (χ4n) is 8.69. The molecule has 2 aromatic carbocycles. The number of hydrogen-bond acceptors (Lipinski definition) is 10. The number of carbonyl (C=O) groups is 4. The Hall–Kier alpha value is -5.31. The standard InChI is InChI=1S/C47H62N6O8/c1-9-52-39-15-14-32(25-36(39)37(26-46(5,6)27-61-28-54)42(52)35-13-12-18-48-40(35)30(4)60-8)33-21-31(22-34(55)24-33)23-38(44(57)53-20-11-10-19-49-53)50-43(56)41(29(2)3)51(7)45(58)47(59)16-17-47/h12-15,18,21-22,24-25,28-30,38,41,49,55,59H,9-11,16-17,19-20,23,26-27H2,1-8H3,(H,50,56). The Bertz CT molecular complexity index is 2240. The summed E-state index contributed by atoms with van der Waals surface area (Å²) in [6.07, 6.45) is 4.53. The zero-order valence-corrected chi connectivity index (χ0v) is 36.8. The molecular weight excluding hydrogens is 777 g/mol. The second-order valence-electron chi connectivity index (χ2n) is 17.8. The molecule has 14 nitrogen and oxygen atoms in total. The molecule has 3 heterocycles. The lowest BCUT2D eigenvalue weighted by atomic mass is 9.84. The number of likely N-dealkylation sites (N-methyl/N-ethyl adjacent to an activating group) is 1. The maximum absolute atomic E-state index is 14.2. The number of aromatic hydroxyl groups is 1. The first-order valence-electron chi connectivity index (χ1n) is 21.4. The van der Waals surface area contributed by atoms with E-state index in [1.54, 1.807) is 30.4 Å². The highest BCUT2D eigenvalue weighted by Crippen LogP contribution is 2.42. The Morgan fingerprint density at radius 3 is 2.48 bits per heavy atom. The van der Waals surface area contributed by atoms with Crippen LogP contribution >= 0.6 is 0 Å². The third-order valence-electron chi connectivity index (χ3n) is 12.0. The number of aromatic nitrogens is 2. The van der Waals surface area contributed by atoms with Gasteiger partial charge in [0, 0.05) is 68.3 Å². The van der Waals surface area contributed by atoms with E-state index in [-0.39, 0.29) is 36.7 Å². The van der Waals surface area contributed by atoms with Crippen molar-refractivity contribution < 1.29 is 38.9 Å². The Balaban J connectivity index is 1.41. The number of hydrazine groups is 1. The Morgan fingerprint density at radius 1 is 1.08 bits per heavy atom. The van der Waals surface area contributed by atoms with Crippen LogP contribution in [0.25, 0.3) is 33.3 Å². The predicted octanol–water partition coefficient (Wildman–Crippen LogP) is 5.71. The molecule has 2 aliphatic rings. The van der Waals surface area contributed by atoms with Crippen molar-refractivity contribution >= 4 is 35.1 Å². The number of amides is 3. The number of benzene rings is 2. The number of nitrogens with zero attached hydrogens (tertiary/aromatic N) is 4. The largest absolute Gasteiger partial charge is 0.508 e. The molecule has 0 radical (unpaired) electrons. The van der Waals surface area contributed by atoms with Gasteiger partial charge in [0.1, 0.15) is 23.4 Å². The second kappa shape index (κ2) is 18.8. The van der Waals surface area contributed by atoms with Crippen LogP contribution in [0.5, 0.6) is 5.75 Å². The van der Waals surface area contributed by atoms with E-state index in [0.717, 1.165) is 51.8 Å². The quantitative estimate of drug-likeness (QED) is 0.0910. The van der Waals surface area contributed by atoms with Crippen LogP contribution in [0.4, 0.5) is 0 Å². The van der Waals surface area contributed by atoms with Gasteiger partial charge in [-0.05, 0) is 111 Å². The molecule has 3 atom stereocenters. The first-order valence-corrected chi connectivity index (χ1v) is 21.4. The highest BCUT2D eigenvalue weighted by atomic mass is 16.5. The Kier molecular flexibility index (Phi) is 13.9. The van der Waals surface area contributed by atoms with Crippen LogP contribution in [0, 0.1) is 11.3 Å². The predicted molar refractivity (Wildman–Crippen MR) is 233 cm³/mol. The van der Waals surface area contributed by atoms with Gasteiger partial charge in [-0.3, -0.25) is 29.2 Å². The van der Waals surface area contributed by atoms with E-state index in [4.69, 9.17) is 14.5 Å². The lowest BCUT2D eigenvalue weighted by Crippen LogP contribution is -2.60. The Labute approximate surface area is 358 Å². The van der Waals surface area contributed by atoms with E-state index in [2.05, 4.69) is 54.3 Å². The third-order valence-corrected chi connectivity index (χ3v) is 12.0. The molecule has 0 bridgehead atoms. The zero-order valence-electron chi connectivity index (χ0n) is 36.8. The van der Waals surface area contributed by atoms with Gasteiger partial charge < -0.3 is 34.5 Å². The normalized spacial score (nSPS) is 16.5. The number of fused-ring (bicyclic) bond motifs is 1. The smallest absolute Gasteiger partial charge is 0.293 e. The number of nitrogens with one attached hydrogen (secondary N) is 2. The van der Waals surface area contributed by atoms with Crippen molar-refractivity contribution in [1.29, 1.82) is 0 Å². The van der Waals surface area contributed by atoms with E-state index >= 15 is 0 Å². The molecule has 2 fully saturated rings. The first kappa shape index (κ1) is 45.2. The minimum atomic E-state index is -1.46. The van der Waals surface area contributed by atoms with E-state index < -0.39 is 34.9 Å². The highest BCUT2D eigenvalue weighted by Gasteiger charge is 2.51. The molecule has 3 amide bonds. The molecule has 1 aliphatic carbocycles. The lowest BCUT2D eigenvalue weighted by Gasteiger charge is -2.35. The van der Waals surface area contributed by atoms with E-state index in [9.17, 15) is 29.4 Å². The summed E-state index contributed by atoms with van der Waals surface area (Å²) in [6.45, 7) is 14.3. The fraction of sp³-hybridized carbons (Fsp3) is 0.511. The van der Waals surface area contributed by atoms with Gasteiger partial charge in [0.25, 0.3) is 18.3 Å². The lowest BCUT2D eigenvalue weighted by molar-refractivity contribution is -0.150. The van der Waals surface area contributed by atoms with Crippen LogP contribution in [0.2, 0.25) is 0 Å². The number of carbonyl (C=O) groups excluding carboxylic acids is 4. The summed E-state index contributed by atoms with van der Waals surface area (Å²) in [5.41, 5.74) is 8.23. The molecule has 4 N–H and O–H groups in total. The molecule has 1 aliphatic heterocycles. The number of ether oxygens (including phenoxy) is 2. The number of methoxy groups -OCH3 is 1. The van der Waals surface area contributed by atoms with E-state index in [1.807, 2.05) is 39.0 Å². The maximum Gasteiger partial charge on any atom is 0.293 e. The summed E-state index contributed by atoms with van der Waals surface area (Å²) in [4.78, 5) is 58.8. The summed E-state index contributed by atoms with van der Waals surface area (Å²) in [7, 11) is 3.18. The van der Waals surface area contributed by atoms with Gasteiger partial charge in [0.2, 0.25) is 5.91 Å². The zero-order chi connectivity index (χ0) is 44.2. The summed E-state index contributed by atoms with van der Waals surface area (Å²) in [5.74, 6) is -1.65. The van der Waals surface area contributed by atoms with Crippen molar-refractivity contribution in [2.45, 2.75) is 110 Å². The number of hydrogen-bond donors (Lipinski definition) is 4. The number of aliphatic hydroxyl groups is 1. The number of pyridine rings is 1. The summed E-state index contributed by atoms with van der Waals surface area (Å²) < 4.78 is 13.3. The van der Waals surface area contributed by atoms with Crippen molar-refractivity contribution in [2.24, 2.45) is 11.3 Å². The Morgan fingerprint density at radius 2 is 1.84 bits per heavy atom. The van der Waals surface area contributed by atoms with Gasteiger partial charge in [-0.25, -0.2) is 5.43 Å². The number of rotatable bonds is 18. The van der Waals surface area contributed by atoms with Gasteiger partial charge >= 0.3 is 0 Å².